The summed E-state index contributed by atoms with van der Waals surface area (Å²) in [6, 6.07) is 6.75. The van der Waals surface area contributed by atoms with Crippen molar-refractivity contribution in [2.24, 2.45) is 11.7 Å². The SMILES string of the molecule is CC(C)C[C@H](N)C(=O)NCc1cccc(C(=O)NCC2CCCO2)c1.Cl. The van der Waals surface area contributed by atoms with Crippen LogP contribution in [0.15, 0.2) is 24.3 Å². The Morgan fingerprint density at radius 3 is 2.73 bits per heavy atom. The summed E-state index contributed by atoms with van der Waals surface area (Å²) in [5.41, 5.74) is 7.32. The number of hydrogen-bond donors (Lipinski definition) is 3. The first-order chi connectivity index (χ1) is 12.0. The van der Waals surface area contributed by atoms with Crippen LogP contribution in [0.4, 0.5) is 0 Å². The molecule has 0 bridgehead atoms. The minimum absolute atomic E-state index is 0. The Labute approximate surface area is 161 Å². The van der Waals surface area contributed by atoms with Gasteiger partial charge in [0.2, 0.25) is 5.91 Å². The summed E-state index contributed by atoms with van der Waals surface area (Å²) in [6.45, 7) is 5.73. The first-order valence-corrected chi connectivity index (χ1v) is 8.97. The molecule has 26 heavy (non-hydrogen) atoms. The molecule has 7 heteroatoms. The maximum absolute atomic E-state index is 12.2. The second-order valence-corrected chi connectivity index (χ2v) is 7.00. The molecule has 0 saturated carbocycles. The lowest BCUT2D eigenvalue weighted by molar-refractivity contribution is -0.122. The summed E-state index contributed by atoms with van der Waals surface area (Å²) in [5, 5.41) is 5.73. The molecule has 1 fully saturated rings. The number of amides is 2. The summed E-state index contributed by atoms with van der Waals surface area (Å²) < 4.78 is 5.50. The highest BCUT2D eigenvalue weighted by Gasteiger charge is 2.17. The lowest BCUT2D eigenvalue weighted by Gasteiger charge is -2.14. The van der Waals surface area contributed by atoms with E-state index in [-0.39, 0.29) is 30.3 Å². The van der Waals surface area contributed by atoms with Gasteiger partial charge in [-0.3, -0.25) is 9.59 Å². The topological polar surface area (TPSA) is 93.5 Å². The summed E-state index contributed by atoms with van der Waals surface area (Å²) >= 11 is 0. The van der Waals surface area contributed by atoms with Crippen molar-refractivity contribution in [2.75, 3.05) is 13.2 Å². The van der Waals surface area contributed by atoms with Crippen LogP contribution in [0.1, 0.15) is 49.0 Å². The van der Waals surface area contributed by atoms with E-state index in [9.17, 15) is 9.59 Å². The fourth-order valence-corrected chi connectivity index (χ4v) is 2.87. The number of carbonyl (C=O) groups excluding carboxylic acids is 2. The Hall–Kier alpha value is -1.63. The largest absolute Gasteiger partial charge is 0.376 e. The third-order valence-electron chi connectivity index (χ3n) is 4.23. The van der Waals surface area contributed by atoms with Crippen molar-refractivity contribution in [1.82, 2.24) is 10.6 Å². The summed E-state index contributed by atoms with van der Waals surface area (Å²) in [7, 11) is 0. The molecule has 2 amide bonds. The van der Waals surface area contributed by atoms with Crippen LogP contribution in [0.2, 0.25) is 0 Å². The first-order valence-electron chi connectivity index (χ1n) is 8.97. The molecule has 146 valence electrons. The molecule has 0 spiro atoms. The molecule has 1 aliphatic rings. The summed E-state index contributed by atoms with van der Waals surface area (Å²) in [5.74, 6) is 0.0822. The maximum Gasteiger partial charge on any atom is 0.251 e. The van der Waals surface area contributed by atoms with Crippen molar-refractivity contribution in [3.8, 4) is 0 Å². The van der Waals surface area contributed by atoms with Gasteiger partial charge >= 0.3 is 0 Å². The minimum atomic E-state index is -0.502. The molecule has 1 aromatic carbocycles. The predicted molar refractivity (Wildman–Crippen MR) is 104 cm³/mol. The van der Waals surface area contributed by atoms with Crippen molar-refractivity contribution in [2.45, 2.75) is 51.8 Å². The molecular weight excluding hydrogens is 354 g/mol. The number of carbonyl (C=O) groups is 2. The quantitative estimate of drug-likeness (QED) is 0.640. The van der Waals surface area contributed by atoms with Crippen molar-refractivity contribution in [3.63, 3.8) is 0 Å². The van der Waals surface area contributed by atoms with Crippen LogP contribution in [0.25, 0.3) is 0 Å². The Bertz CT molecular complexity index is 589. The highest BCUT2D eigenvalue weighted by atomic mass is 35.5. The standard InChI is InChI=1S/C19H29N3O3.ClH/c1-13(2)9-17(20)19(24)21-11-14-5-3-6-15(10-14)18(23)22-12-16-7-4-8-25-16;/h3,5-6,10,13,16-17H,4,7-9,11-12,20H2,1-2H3,(H,21,24)(H,22,23);1H/t16?,17-;/m0./s1. The number of nitrogens with two attached hydrogens (primary N) is 1. The van der Waals surface area contributed by atoms with Crippen molar-refractivity contribution in [3.05, 3.63) is 35.4 Å². The third-order valence-corrected chi connectivity index (χ3v) is 4.23. The minimum Gasteiger partial charge on any atom is -0.376 e. The first kappa shape index (κ1) is 22.4. The third kappa shape index (κ3) is 7.32. The Kier molecular flexibility index (Phi) is 9.62. The smallest absolute Gasteiger partial charge is 0.251 e. The normalized spacial score (nSPS) is 17.5. The lowest BCUT2D eigenvalue weighted by atomic mass is 10.0. The van der Waals surface area contributed by atoms with Gasteiger partial charge in [-0.25, -0.2) is 0 Å². The number of rotatable bonds is 8. The predicted octanol–water partition coefficient (Wildman–Crippen LogP) is 2.01. The molecule has 1 aromatic rings. The average Bonchev–Trinajstić information content (AvgIpc) is 3.10. The zero-order valence-corrected chi connectivity index (χ0v) is 16.3. The van der Waals surface area contributed by atoms with Crippen molar-refractivity contribution in [1.29, 1.82) is 0 Å². The maximum atomic E-state index is 12.2. The van der Waals surface area contributed by atoms with Gasteiger partial charge in [-0.2, -0.15) is 0 Å². The molecule has 1 heterocycles. The second kappa shape index (κ2) is 11.2. The van der Waals surface area contributed by atoms with Crippen LogP contribution < -0.4 is 16.4 Å². The average molecular weight is 384 g/mol. The van der Waals surface area contributed by atoms with Gasteiger partial charge in [-0.05, 0) is 42.9 Å². The molecular formula is C19H30ClN3O3. The molecule has 0 radical (unpaired) electrons. The summed E-state index contributed by atoms with van der Waals surface area (Å²) in [6.07, 6.45) is 2.81. The highest BCUT2D eigenvalue weighted by Crippen LogP contribution is 2.11. The Balaban J connectivity index is 0.00000338. The number of benzene rings is 1. The number of ether oxygens (including phenoxy) is 1. The van der Waals surface area contributed by atoms with Crippen molar-refractivity contribution < 1.29 is 14.3 Å². The van der Waals surface area contributed by atoms with Gasteiger partial charge < -0.3 is 21.1 Å². The van der Waals surface area contributed by atoms with Gasteiger partial charge in [0.25, 0.3) is 5.91 Å². The fourth-order valence-electron chi connectivity index (χ4n) is 2.87. The van der Waals surface area contributed by atoms with Crippen LogP contribution in [-0.4, -0.2) is 37.1 Å². The van der Waals surface area contributed by atoms with Crippen LogP contribution in [0.3, 0.4) is 0 Å². The van der Waals surface area contributed by atoms with Gasteiger partial charge in [-0.15, -0.1) is 12.4 Å². The van der Waals surface area contributed by atoms with Gasteiger partial charge in [0.1, 0.15) is 0 Å². The van der Waals surface area contributed by atoms with Gasteiger partial charge in [0.15, 0.2) is 0 Å². The Morgan fingerprint density at radius 2 is 2.08 bits per heavy atom. The zero-order valence-electron chi connectivity index (χ0n) is 15.5. The molecule has 1 unspecified atom stereocenters. The van der Waals surface area contributed by atoms with Crippen LogP contribution >= 0.6 is 12.4 Å². The van der Waals surface area contributed by atoms with E-state index in [2.05, 4.69) is 10.6 Å². The van der Waals surface area contributed by atoms with Crippen LogP contribution in [-0.2, 0) is 16.1 Å². The Morgan fingerprint density at radius 1 is 1.31 bits per heavy atom. The van der Waals surface area contributed by atoms with Gasteiger partial charge in [0.05, 0.1) is 12.1 Å². The van der Waals surface area contributed by atoms with E-state index in [0.29, 0.717) is 31.0 Å². The molecule has 1 aliphatic heterocycles. The fraction of sp³-hybridized carbons (Fsp3) is 0.579. The van der Waals surface area contributed by atoms with Crippen LogP contribution in [0, 0.1) is 5.92 Å². The van der Waals surface area contributed by atoms with E-state index in [1.807, 2.05) is 26.0 Å². The van der Waals surface area contributed by atoms with Gasteiger partial charge in [-0.1, -0.05) is 26.0 Å². The number of nitrogens with one attached hydrogen (secondary N) is 2. The molecule has 0 aromatic heterocycles. The lowest BCUT2D eigenvalue weighted by Crippen LogP contribution is -2.41. The van der Waals surface area contributed by atoms with E-state index in [1.165, 1.54) is 0 Å². The molecule has 4 N–H and O–H groups in total. The molecule has 2 atom stereocenters. The van der Waals surface area contributed by atoms with E-state index in [1.54, 1.807) is 12.1 Å². The number of hydrogen-bond acceptors (Lipinski definition) is 4. The van der Waals surface area contributed by atoms with E-state index in [0.717, 1.165) is 25.0 Å². The second-order valence-electron chi connectivity index (χ2n) is 7.00. The van der Waals surface area contributed by atoms with Crippen LogP contribution in [0.5, 0.6) is 0 Å². The van der Waals surface area contributed by atoms with Crippen molar-refractivity contribution >= 4 is 24.2 Å². The van der Waals surface area contributed by atoms with E-state index in [4.69, 9.17) is 10.5 Å². The molecule has 6 nitrogen and oxygen atoms in total. The van der Waals surface area contributed by atoms with E-state index >= 15 is 0 Å². The highest BCUT2D eigenvalue weighted by molar-refractivity contribution is 5.94. The van der Waals surface area contributed by atoms with Gasteiger partial charge in [0, 0.05) is 25.3 Å². The molecule has 2 rings (SSSR count). The summed E-state index contributed by atoms with van der Waals surface area (Å²) in [4.78, 5) is 24.2. The number of halogens is 1. The molecule has 0 aliphatic carbocycles. The monoisotopic (exact) mass is 383 g/mol. The van der Waals surface area contributed by atoms with E-state index < -0.39 is 6.04 Å². The molecule has 1 saturated heterocycles. The zero-order chi connectivity index (χ0) is 18.2.